The van der Waals surface area contributed by atoms with Crippen LogP contribution in [0.5, 0.6) is 5.75 Å². The zero-order valence-electron chi connectivity index (χ0n) is 23.1. The molecule has 2 aliphatic rings. The second-order valence-corrected chi connectivity index (χ2v) is 12.8. The maximum atomic E-state index is 13.6. The predicted molar refractivity (Wildman–Crippen MR) is 147 cm³/mol. The van der Waals surface area contributed by atoms with Crippen LogP contribution in [0.2, 0.25) is 0 Å². The van der Waals surface area contributed by atoms with Gasteiger partial charge in [-0.05, 0) is 48.6 Å². The number of aliphatic hydroxyl groups is 1. The Kier molecular flexibility index (Phi) is 9.83. The molecule has 218 valence electrons. The number of rotatable bonds is 12. The largest absolute Gasteiger partial charge is 0.497 e. The lowest BCUT2D eigenvalue weighted by Crippen LogP contribution is -2.51. The van der Waals surface area contributed by atoms with Gasteiger partial charge in [-0.25, -0.2) is 13.2 Å². The highest BCUT2D eigenvalue weighted by atomic mass is 32.2. The number of ether oxygens (including phenoxy) is 3. The Labute approximate surface area is 235 Å². The van der Waals surface area contributed by atoms with Crippen molar-refractivity contribution < 1.29 is 37.3 Å². The van der Waals surface area contributed by atoms with Crippen LogP contribution in [0, 0.1) is 11.8 Å². The highest BCUT2D eigenvalue weighted by Gasteiger charge is 2.45. The standard InChI is InChI=1S/C29H38N2O8S/c1-19(2)16-31(40(35,36)23-11-9-21(37-3)10-12-23)17-26(32)25(13-20-7-5-4-6-8-20)30-29(34)39-22-14-24-27(33)18-38-28(24)15-22/h4-12,19,22,24-26,28,32H,13-18H2,1-3H3,(H,30,34)/t22-,24-,25+,26-,28-/m1/s1. The van der Waals surface area contributed by atoms with E-state index in [1.165, 1.54) is 23.5 Å². The first-order valence-electron chi connectivity index (χ1n) is 13.5. The van der Waals surface area contributed by atoms with Crippen molar-refractivity contribution in [1.29, 1.82) is 0 Å². The molecule has 0 aromatic heterocycles. The van der Waals surface area contributed by atoms with Crippen LogP contribution < -0.4 is 10.1 Å². The summed E-state index contributed by atoms with van der Waals surface area (Å²) in [4.78, 5) is 25.0. The first-order valence-corrected chi connectivity index (χ1v) is 15.0. The molecule has 1 aliphatic heterocycles. The fourth-order valence-corrected chi connectivity index (χ4v) is 6.89. The number of carbonyl (C=O) groups is 2. The molecule has 11 heteroatoms. The van der Waals surface area contributed by atoms with Gasteiger partial charge in [0.25, 0.3) is 0 Å². The Morgan fingerprint density at radius 2 is 1.80 bits per heavy atom. The topological polar surface area (TPSA) is 131 Å². The Morgan fingerprint density at radius 1 is 1.10 bits per heavy atom. The first kappa shape index (κ1) is 30.0. The lowest BCUT2D eigenvalue weighted by atomic mass is 10.0. The molecule has 0 spiro atoms. The number of ketones is 1. The summed E-state index contributed by atoms with van der Waals surface area (Å²) in [5, 5.41) is 14.1. The number of methoxy groups -OCH3 is 1. The SMILES string of the molecule is COc1ccc(S(=O)(=O)N(CC(C)C)C[C@@H](O)[C@H](Cc2ccccc2)NC(=O)O[C@@H]2C[C@@H]3C(=O)CO[C@@H]3C2)cc1. The van der Waals surface area contributed by atoms with E-state index in [1.807, 2.05) is 44.2 Å². The first-order chi connectivity index (χ1) is 19.1. The summed E-state index contributed by atoms with van der Waals surface area (Å²) in [7, 11) is -2.45. The van der Waals surface area contributed by atoms with Crippen LogP contribution in [0.1, 0.15) is 32.3 Å². The van der Waals surface area contributed by atoms with Gasteiger partial charge in [-0.15, -0.1) is 0 Å². The van der Waals surface area contributed by atoms with Crippen molar-refractivity contribution in [2.45, 2.75) is 62.4 Å². The van der Waals surface area contributed by atoms with Crippen LogP contribution >= 0.6 is 0 Å². The third kappa shape index (κ3) is 7.39. The van der Waals surface area contributed by atoms with Crippen molar-refractivity contribution in [3.63, 3.8) is 0 Å². The van der Waals surface area contributed by atoms with Gasteiger partial charge in [0, 0.05) is 25.4 Å². The smallest absolute Gasteiger partial charge is 0.407 e. The molecule has 1 heterocycles. The van der Waals surface area contributed by atoms with Gasteiger partial charge in [0.2, 0.25) is 10.0 Å². The molecular formula is C29H38N2O8S. The van der Waals surface area contributed by atoms with E-state index in [9.17, 15) is 23.1 Å². The Morgan fingerprint density at radius 3 is 2.42 bits per heavy atom. The van der Waals surface area contributed by atoms with E-state index < -0.39 is 34.4 Å². The highest BCUT2D eigenvalue weighted by molar-refractivity contribution is 7.89. The number of amides is 1. The molecule has 0 radical (unpaired) electrons. The molecule has 10 nitrogen and oxygen atoms in total. The number of nitrogens with one attached hydrogen (secondary N) is 1. The van der Waals surface area contributed by atoms with E-state index in [4.69, 9.17) is 14.2 Å². The minimum atomic E-state index is -3.96. The van der Waals surface area contributed by atoms with E-state index in [0.29, 0.717) is 18.6 Å². The quantitative estimate of drug-likeness (QED) is 0.396. The van der Waals surface area contributed by atoms with Crippen LogP contribution in [0.25, 0.3) is 0 Å². The third-order valence-electron chi connectivity index (χ3n) is 7.31. The van der Waals surface area contributed by atoms with Crippen LogP contribution in [-0.2, 0) is 30.7 Å². The van der Waals surface area contributed by atoms with Gasteiger partial charge in [0.1, 0.15) is 18.5 Å². The van der Waals surface area contributed by atoms with Crippen molar-refractivity contribution in [2.75, 3.05) is 26.8 Å². The molecule has 40 heavy (non-hydrogen) atoms. The lowest BCUT2D eigenvalue weighted by Gasteiger charge is -2.31. The average molecular weight is 575 g/mol. The molecular weight excluding hydrogens is 536 g/mol. The molecule has 2 aromatic carbocycles. The summed E-state index contributed by atoms with van der Waals surface area (Å²) in [6.07, 6.45) is -1.57. The van der Waals surface area contributed by atoms with Crippen molar-refractivity contribution >= 4 is 21.9 Å². The van der Waals surface area contributed by atoms with Gasteiger partial charge in [-0.3, -0.25) is 4.79 Å². The summed E-state index contributed by atoms with van der Waals surface area (Å²) in [5.41, 5.74) is 0.856. The molecule has 5 atom stereocenters. The minimum absolute atomic E-state index is 0.0162. The lowest BCUT2D eigenvalue weighted by molar-refractivity contribution is -0.121. The molecule has 0 bridgehead atoms. The van der Waals surface area contributed by atoms with Crippen LogP contribution in [0.4, 0.5) is 4.79 Å². The summed E-state index contributed by atoms with van der Waals surface area (Å²) in [6, 6.07) is 14.5. The number of fused-ring (bicyclic) bond motifs is 1. The third-order valence-corrected chi connectivity index (χ3v) is 9.16. The number of aliphatic hydroxyl groups excluding tert-OH is 1. The molecule has 0 unspecified atom stereocenters. The van der Waals surface area contributed by atoms with Gasteiger partial charge >= 0.3 is 6.09 Å². The van der Waals surface area contributed by atoms with E-state index in [2.05, 4.69) is 5.32 Å². The molecule has 2 N–H and O–H groups in total. The maximum Gasteiger partial charge on any atom is 0.407 e. The van der Waals surface area contributed by atoms with Gasteiger partial charge in [0.05, 0.1) is 30.3 Å². The van der Waals surface area contributed by atoms with Crippen LogP contribution in [-0.4, -0.2) is 80.9 Å². The zero-order chi connectivity index (χ0) is 28.9. The zero-order valence-corrected chi connectivity index (χ0v) is 23.9. The number of benzene rings is 2. The minimum Gasteiger partial charge on any atom is -0.497 e. The molecule has 4 rings (SSSR count). The highest BCUT2D eigenvalue weighted by Crippen LogP contribution is 2.35. The summed E-state index contributed by atoms with van der Waals surface area (Å²) >= 11 is 0. The number of sulfonamides is 1. The number of hydrogen-bond donors (Lipinski definition) is 2. The van der Waals surface area contributed by atoms with E-state index in [0.717, 1.165) is 5.56 Å². The van der Waals surface area contributed by atoms with E-state index in [-0.39, 0.29) is 54.7 Å². The molecule has 1 aliphatic carbocycles. The molecule has 2 aromatic rings. The normalized spacial score (nSPS) is 22.2. The van der Waals surface area contributed by atoms with Gasteiger partial charge in [-0.2, -0.15) is 4.31 Å². The monoisotopic (exact) mass is 574 g/mol. The predicted octanol–water partition coefficient (Wildman–Crippen LogP) is 2.79. The summed E-state index contributed by atoms with van der Waals surface area (Å²) in [5.74, 6) is 0.285. The van der Waals surface area contributed by atoms with Crippen molar-refractivity contribution in [3.05, 3.63) is 60.2 Å². The van der Waals surface area contributed by atoms with Crippen molar-refractivity contribution in [3.8, 4) is 5.75 Å². The Bertz CT molecular complexity index is 1250. The van der Waals surface area contributed by atoms with Gasteiger partial charge < -0.3 is 24.6 Å². The number of nitrogens with zero attached hydrogens (tertiary/aromatic N) is 1. The molecule has 2 fully saturated rings. The number of alkyl carbamates (subject to hydrolysis) is 1. The van der Waals surface area contributed by atoms with Gasteiger partial charge in [-0.1, -0.05) is 44.2 Å². The van der Waals surface area contributed by atoms with E-state index in [1.54, 1.807) is 12.1 Å². The molecule has 1 saturated heterocycles. The fourth-order valence-electron chi connectivity index (χ4n) is 5.27. The van der Waals surface area contributed by atoms with E-state index >= 15 is 0 Å². The maximum absolute atomic E-state index is 13.6. The average Bonchev–Trinajstić information content (AvgIpc) is 3.48. The number of Topliss-reactive ketones (excluding diaryl/α,β-unsaturated/α-hetero) is 1. The van der Waals surface area contributed by atoms with Crippen LogP contribution in [0.3, 0.4) is 0 Å². The Balaban J connectivity index is 1.49. The van der Waals surface area contributed by atoms with Crippen LogP contribution in [0.15, 0.2) is 59.5 Å². The second kappa shape index (κ2) is 13.1. The fraction of sp³-hybridized carbons (Fsp3) is 0.517. The van der Waals surface area contributed by atoms with Crippen molar-refractivity contribution in [2.24, 2.45) is 11.8 Å². The molecule has 1 amide bonds. The molecule has 1 saturated carbocycles. The van der Waals surface area contributed by atoms with Gasteiger partial charge in [0.15, 0.2) is 5.78 Å². The second-order valence-electron chi connectivity index (χ2n) is 10.8. The summed E-state index contributed by atoms with van der Waals surface area (Å²) in [6.45, 7) is 3.83. The number of carbonyl (C=O) groups excluding carboxylic acids is 2. The number of hydrogen-bond acceptors (Lipinski definition) is 8. The summed E-state index contributed by atoms with van der Waals surface area (Å²) < 4.78 is 44.6. The Hall–Kier alpha value is -2.99. The van der Waals surface area contributed by atoms with Crippen molar-refractivity contribution in [1.82, 2.24) is 9.62 Å².